The first-order valence-electron chi connectivity index (χ1n) is 9.23. The van der Waals surface area contributed by atoms with Gasteiger partial charge in [0.25, 0.3) is 0 Å². The number of hydrogen-bond acceptors (Lipinski definition) is 3. The Morgan fingerprint density at radius 1 is 1.46 bits per heavy atom. The van der Waals surface area contributed by atoms with Crippen LogP contribution in [0.2, 0.25) is 0 Å². The lowest BCUT2D eigenvalue weighted by Crippen LogP contribution is -2.53. The standard InChI is InChI=1S/C21H34O3/c1-7-19(3,23)14-11-16-15(2)9-10-17-20(16,4)12-8-13-21(17,5)18(22)24-6/h7,16-17,23H,1-2,8-14H2,3-6H3/t16-,17+,19?,20+,21-/m0/s1. The van der Waals surface area contributed by atoms with Crippen molar-refractivity contribution in [1.82, 2.24) is 0 Å². The van der Waals surface area contributed by atoms with Gasteiger partial charge >= 0.3 is 5.97 Å². The van der Waals surface area contributed by atoms with Gasteiger partial charge in [0, 0.05) is 0 Å². The lowest BCUT2D eigenvalue weighted by Gasteiger charge is -2.57. The van der Waals surface area contributed by atoms with E-state index in [2.05, 4.69) is 27.0 Å². The summed E-state index contributed by atoms with van der Waals surface area (Å²) in [6.45, 7) is 14.3. The molecule has 0 aromatic carbocycles. The van der Waals surface area contributed by atoms with Crippen LogP contribution in [0, 0.1) is 22.7 Å². The fourth-order valence-electron chi connectivity index (χ4n) is 5.50. The van der Waals surface area contributed by atoms with Crippen molar-refractivity contribution in [2.45, 2.75) is 71.3 Å². The molecule has 0 spiro atoms. The van der Waals surface area contributed by atoms with Crippen LogP contribution in [0.5, 0.6) is 0 Å². The largest absolute Gasteiger partial charge is 0.469 e. The van der Waals surface area contributed by atoms with Crippen molar-refractivity contribution in [1.29, 1.82) is 0 Å². The molecule has 0 aromatic heterocycles. The van der Waals surface area contributed by atoms with Crippen molar-refractivity contribution < 1.29 is 14.6 Å². The molecule has 0 aliphatic heterocycles. The molecule has 2 saturated carbocycles. The van der Waals surface area contributed by atoms with Gasteiger partial charge in [-0.15, -0.1) is 6.58 Å². The van der Waals surface area contributed by atoms with Crippen LogP contribution in [0.25, 0.3) is 0 Å². The van der Waals surface area contributed by atoms with Crippen molar-refractivity contribution >= 4 is 5.97 Å². The number of aliphatic hydroxyl groups is 1. The number of ether oxygens (including phenoxy) is 1. The van der Waals surface area contributed by atoms with E-state index in [1.54, 1.807) is 6.08 Å². The minimum atomic E-state index is -0.843. The molecule has 5 atom stereocenters. The molecule has 3 nitrogen and oxygen atoms in total. The average Bonchev–Trinajstić information content (AvgIpc) is 2.53. The number of methoxy groups -OCH3 is 1. The highest BCUT2D eigenvalue weighted by Crippen LogP contribution is 2.62. The lowest BCUT2D eigenvalue weighted by atomic mass is 9.46. The number of carbonyl (C=O) groups excluding carboxylic acids is 1. The van der Waals surface area contributed by atoms with Gasteiger partial charge in [0.15, 0.2) is 0 Å². The summed E-state index contributed by atoms with van der Waals surface area (Å²) in [6, 6.07) is 0. The highest BCUT2D eigenvalue weighted by molar-refractivity contribution is 5.77. The summed E-state index contributed by atoms with van der Waals surface area (Å²) < 4.78 is 5.17. The number of hydrogen-bond donors (Lipinski definition) is 1. The third kappa shape index (κ3) is 3.20. The molecule has 136 valence electrons. The van der Waals surface area contributed by atoms with Crippen LogP contribution >= 0.6 is 0 Å². The number of carbonyl (C=O) groups is 1. The summed E-state index contributed by atoms with van der Waals surface area (Å²) in [5.74, 6) is 0.588. The summed E-state index contributed by atoms with van der Waals surface area (Å²) >= 11 is 0. The average molecular weight is 335 g/mol. The first kappa shape index (κ1) is 19.2. The van der Waals surface area contributed by atoms with Gasteiger partial charge in [-0.3, -0.25) is 4.79 Å². The topological polar surface area (TPSA) is 46.5 Å². The molecule has 0 bridgehead atoms. The molecule has 1 N–H and O–H groups in total. The molecule has 1 unspecified atom stereocenters. The minimum Gasteiger partial charge on any atom is -0.469 e. The molecule has 0 radical (unpaired) electrons. The van der Waals surface area contributed by atoms with Crippen LogP contribution in [0.1, 0.15) is 65.7 Å². The van der Waals surface area contributed by atoms with Gasteiger partial charge < -0.3 is 9.84 Å². The predicted molar refractivity (Wildman–Crippen MR) is 97.5 cm³/mol. The fourth-order valence-corrected chi connectivity index (χ4v) is 5.50. The van der Waals surface area contributed by atoms with Crippen LogP contribution in [-0.2, 0) is 9.53 Å². The van der Waals surface area contributed by atoms with Gasteiger partial charge in [0.2, 0.25) is 0 Å². The fraction of sp³-hybridized carbons (Fsp3) is 0.762. The number of allylic oxidation sites excluding steroid dienone is 1. The van der Waals surface area contributed by atoms with E-state index in [9.17, 15) is 9.90 Å². The molecule has 0 aromatic rings. The van der Waals surface area contributed by atoms with Crippen molar-refractivity contribution in [2.24, 2.45) is 22.7 Å². The molecule has 0 heterocycles. The Balaban J connectivity index is 2.30. The van der Waals surface area contributed by atoms with Gasteiger partial charge in [0.05, 0.1) is 18.1 Å². The Kier molecular flexibility index (Phi) is 5.34. The van der Waals surface area contributed by atoms with Gasteiger partial charge in [-0.2, -0.15) is 0 Å². The maximum atomic E-state index is 12.5. The van der Waals surface area contributed by atoms with Gasteiger partial charge in [-0.05, 0) is 69.6 Å². The SMILES string of the molecule is C=CC(C)(O)CC[C@H]1C(=C)CC[C@@H]2[C@]1(C)CCC[C@]2(C)C(=O)OC. The molecule has 0 saturated heterocycles. The van der Waals surface area contributed by atoms with E-state index in [4.69, 9.17) is 4.74 Å². The van der Waals surface area contributed by atoms with Crippen molar-refractivity contribution in [3.63, 3.8) is 0 Å². The second-order valence-corrected chi connectivity index (χ2v) is 8.67. The highest BCUT2D eigenvalue weighted by Gasteiger charge is 2.57. The quantitative estimate of drug-likeness (QED) is 0.588. The summed E-state index contributed by atoms with van der Waals surface area (Å²) in [5.41, 5.74) is 0.0852. The third-order valence-corrected chi connectivity index (χ3v) is 7.05. The van der Waals surface area contributed by atoms with E-state index in [1.165, 1.54) is 12.7 Å². The number of rotatable bonds is 5. The maximum absolute atomic E-state index is 12.5. The lowest BCUT2D eigenvalue weighted by molar-refractivity contribution is -0.168. The Bertz CT molecular complexity index is 521. The maximum Gasteiger partial charge on any atom is 0.311 e. The molecule has 2 aliphatic rings. The molecule has 0 amide bonds. The minimum absolute atomic E-state index is 0.0494. The van der Waals surface area contributed by atoms with Crippen molar-refractivity contribution in [3.8, 4) is 0 Å². The molecular formula is C21H34O3. The normalized spacial score (nSPS) is 38.8. The second-order valence-electron chi connectivity index (χ2n) is 8.67. The van der Waals surface area contributed by atoms with E-state index >= 15 is 0 Å². The summed E-state index contributed by atoms with van der Waals surface area (Å²) in [5, 5.41) is 10.3. The molecular weight excluding hydrogens is 300 g/mol. The zero-order chi connectivity index (χ0) is 18.2. The van der Waals surface area contributed by atoms with E-state index in [1.807, 2.05) is 6.92 Å². The summed E-state index contributed by atoms with van der Waals surface area (Å²) in [4.78, 5) is 12.5. The Morgan fingerprint density at radius 2 is 2.12 bits per heavy atom. The van der Waals surface area contributed by atoms with Crippen molar-refractivity contribution in [3.05, 3.63) is 24.8 Å². The molecule has 2 rings (SSSR count). The predicted octanol–water partition coefficient (Wildman–Crippen LogP) is 4.66. The van der Waals surface area contributed by atoms with Crippen LogP contribution in [0.3, 0.4) is 0 Å². The smallest absolute Gasteiger partial charge is 0.311 e. The number of fused-ring (bicyclic) bond motifs is 1. The van der Waals surface area contributed by atoms with Crippen LogP contribution in [0.15, 0.2) is 24.8 Å². The zero-order valence-electron chi connectivity index (χ0n) is 15.9. The molecule has 3 heteroatoms. The first-order chi connectivity index (χ1) is 11.1. The van der Waals surface area contributed by atoms with E-state index in [0.717, 1.165) is 38.5 Å². The third-order valence-electron chi connectivity index (χ3n) is 7.05. The number of esters is 1. The van der Waals surface area contributed by atoms with Gasteiger partial charge in [-0.25, -0.2) is 0 Å². The zero-order valence-corrected chi connectivity index (χ0v) is 15.9. The Labute approximate surface area is 147 Å². The Hall–Kier alpha value is -1.09. The second kappa shape index (κ2) is 6.67. The Morgan fingerprint density at radius 3 is 2.71 bits per heavy atom. The van der Waals surface area contributed by atoms with E-state index in [0.29, 0.717) is 18.3 Å². The van der Waals surface area contributed by atoms with E-state index < -0.39 is 11.0 Å². The van der Waals surface area contributed by atoms with Crippen LogP contribution in [0.4, 0.5) is 0 Å². The molecule has 2 fully saturated rings. The van der Waals surface area contributed by atoms with Gasteiger partial charge in [0.1, 0.15) is 0 Å². The monoisotopic (exact) mass is 334 g/mol. The van der Waals surface area contributed by atoms with Crippen LogP contribution in [-0.4, -0.2) is 23.8 Å². The first-order valence-corrected chi connectivity index (χ1v) is 9.23. The molecule has 24 heavy (non-hydrogen) atoms. The van der Waals surface area contributed by atoms with Gasteiger partial charge in [-0.1, -0.05) is 31.6 Å². The van der Waals surface area contributed by atoms with Crippen molar-refractivity contribution in [2.75, 3.05) is 7.11 Å². The highest BCUT2D eigenvalue weighted by atomic mass is 16.5. The molecule has 2 aliphatic carbocycles. The summed E-state index contributed by atoms with van der Waals surface area (Å²) in [6.07, 6.45) is 8.23. The summed E-state index contributed by atoms with van der Waals surface area (Å²) in [7, 11) is 1.50. The van der Waals surface area contributed by atoms with Crippen LogP contribution < -0.4 is 0 Å². The van der Waals surface area contributed by atoms with E-state index in [-0.39, 0.29) is 11.4 Å².